The smallest absolute Gasteiger partial charge is 0.315 e. The highest BCUT2D eigenvalue weighted by molar-refractivity contribution is 5.73. The van der Waals surface area contributed by atoms with Gasteiger partial charge in [0.15, 0.2) is 5.82 Å². The lowest BCUT2D eigenvalue weighted by Gasteiger charge is -2.05. The Balaban J connectivity index is 1.50. The summed E-state index contributed by atoms with van der Waals surface area (Å²) in [5.41, 5.74) is 1.60. The highest BCUT2D eigenvalue weighted by atomic mass is 19.1. The average molecular weight is 326 g/mol. The molecule has 3 rings (SSSR count). The molecule has 0 spiro atoms. The van der Waals surface area contributed by atoms with Gasteiger partial charge >= 0.3 is 6.03 Å². The van der Waals surface area contributed by atoms with Gasteiger partial charge in [0.25, 0.3) is 0 Å². The molecule has 24 heavy (non-hydrogen) atoms. The molecule has 0 aliphatic heterocycles. The first-order chi connectivity index (χ1) is 11.7. The van der Waals surface area contributed by atoms with Crippen LogP contribution in [-0.2, 0) is 13.1 Å². The molecule has 0 atom stereocenters. The fraction of sp³-hybridized carbons (Fsp3) is 0.125. The standard InChI is InChI=1S/C16H15FN6O/c17-13-5-3-12(4-6-13)15-21-14(22-23-15)10-20-16(24)19-9-11-2-1-7-18-8-11/h1-8H,9-10H2,(H2,19,20,24)(H,21,22,23). The van der Waals surface area contributed by atoms with Crippen LogP contribution < -0.4 is 10.6 Å². The predicted molar refractivity (Wildman–Crippen MR) is 85.1 cm³/mol. The molecule has 8 heteroatoms. The maximum atomic E-state index is 12.9. The number of carbonyl (C=O) groups excluding carboxylic acids is 1. The van der Waals surface area contributed by atoms with Gasteiger partial charge in [-0.2, -0.15) is 5.10 Å². The van der Waals surface area contributed by atoms with Gasteiger partial charge in [-0.25, -0.2) is 14.2 Å². The van der Waals surface area contributed by atoms with Gasteiger partial charge in [0.05, 0.1) is 6.54 Å². The zero-order chi connectivity index (χ0) is 16.8. The number of pyridine rings is 1. The van der Waals surface area contributed by atoms with Crippen LogP contribution in [0.1, 0.15) is 11.4 Å². The Kier molecular flexibility index (Phi) is 4.76. The van der Waals surface area contributed by atoms with Gasteiger partial charge in [-0.05, 0) is 35.9 Å². The highest BCUT2D eigenvalue weighted by Gasteiger charge is 2.07. The van der Waals surface area contributed by atoms with Gasteiger partial charge < -0.3 is 10.6 Å². The van der Waals surface area contributed by atoms with E-state index >= 15 is 0 Å². The largest absolute Gasteiger partial charge is 0.334 e. The summed E-state index contributed by atoms with van der Waals surface area (Å²) in [6.45, 7) is 0.587. The number of aromatic nitrogens is 4. The van der Waals surface area contributed by atoms with Gasteiger partial charge in [0.2, 0.25) is 0 Å². The number of H-pyrrole nitrogens is 1. The molecule has 0 unspecified atom stereocenters. The van der Waals surface area contributed by atoms with Crippen LogP contribution in [0.4, 0.5) is 9.18 Å². The average Bonchev–Trinajstić information content (AvgIpc) is 3.09. The molecule has 0 saturated heterocycles. The fourth-order valence-electron chi connectivity index (χ4n) is 2.01. The summed E-state index contributed by atoms with van der Waals surface area (Å²) in [6.07, 6.45) is 3.36. The van der Waals surface area contributed by atoms with Crippen molar-refractivity contribution in [3.63, 3.8) is 0 Å². The van der Waals surface area contributed by atoms with E-state index < -0.39 is 0 Å². The Hall–Kier alpha value is -3.29. The molecule has 2 amide bonds. The zero-order valence-corrected chi connectivity index (χ0v) is 12.7. The summed E-state index contributed by atoms with van der Waals surface area (Å²) in [6, 6.07) is 9.23. The molecular formula is C16H15FN6O. The minimum absolute atomic E-state index is 0.201. The second-order valence-electron chi connectivity index (χ2n) is 5.01. The second-order valence-corrected chi connectivity index (χ2v) is 5.01. The zero-order valence-electron chi connectivity index (χ0n) is 12.7. The molecule has 3 N–H and O–H groups in total. The Morgan fingerprint density at radius 1 is 1.12 bits per heavy atom. The predicted octanol–water partition coefficient (Wildman–Crippen LogP) is 2.01. The molecule has 0 saturated carbocycles. The van der Waals surface area contributed by atoms with E-state index in [-0.39, 0.29) is 18.4 Å². The first kappa shape index (κ1) is 15.6. The molecule has 2 heterocycles. The minimum atomic E-state index is -0.321. The number of halogens is 1. The van der Waals surface area contributed by atoms with Crippen LogP contribution in [-0.4, -0.2) is 26.2 Å². The van der Waals surface area contributed by atoms with Crippen molar-refractivity contribution in [3.05, 3.63) is 66.0 Å². The van der Waals surface area contributed by atoms with Crippen molar-refractivity contribution in [1.82, 2.24) is 30.8 Å². The number of urea groups is 1. The maximum Gasteiger partial charge on any atom is 0.315 e. The van der Waals surface area contributed by atoms with Crippen LogP contribution >= 0.6 is 0 Å². The molecular weight excluding hydrogens is 311 g/mol. The third-order valence-electron chi connectivity index (χ3n) is 3.23. The normalized spacial score (nSPS) is 10.4. The van der Waals surface area contributed by atoms with Crippen molar-refractivity contribution in [3.8, 4) is 11.4 Å². The number of amides is 2. The van der Waals surface area contributed by atoms with Crippen LogP contribution in [0.15, 0.2) is 48.8 Å². The summed E-state index contributed by atoms with van der Waals surface area (Å²) in [5, 5.41) is 12.2. The summed E-state index contributed by atoms with van der Waals surface area (Å²) >= 11 is 0. The van der Waals surface area contributed by atoms with Crippen LogP contribution in [0.3, 0.4) is 0 Å². The van der Waals surface area contributed by atoms with E-state index in [2.05, 4.69) is 30.8 Å². The quantitative estimate of drug-likeness (QED) is 0.668. The summed E-state index contributed by atoms with van der Waals surface area (Å²) in [4.78, 5) is 20.0. The number of nitrogens with zero attached hydrogens (tertiary/aromatic N) is 3. The third-order valence-corrected chi connectivity index (χ3v) is 3.23. The summed E-state index contributed by atoms with van der Waals surface area (Å²) in [5.74, 6) is 0.634. The number of hydrogen-bond donors (Lipinski definition) is 3. The van der Waals surface area contributed by atoms with Crippen LogP contribution in [0, 0.1) is 5.82 Å². The lowest BCUT2D eigenvalue weighted by Crippen LogP contribution is -2.34. The van der Waals surface area contributed by atoms with Crippen LogP contribution in [0.5, 0.6) is 0 Å². The van der Waals surface area contributed by atoms with Crippen molar-refractivity contribution < 1.29 is 9.18 Å². The number of hydrogen-bond acceptors (Lipinski definition) is 4. The van der Waals surface area contributed by atoms with E-state index in [1.807, 2.05) is 6.07 Å². The van der Waals surface area contributed by atoms with E-state index in [0.29, 0.717) is 23.8 Å². The first-order valence-electron chi connectivity index (χ1n) is 7.28. The minimum Gasteiger partial charge on any atom is -0.334 e. The van der Waals surface area contributed by atoms with Gasteiger partial charge in [-0.3, -0.25) is 10.1 Å². The Bertz CT molecular complexity index is 803. The second kappa shape index (κ2) is 7.32. The van der Waals surface area contributed by atoms with Gasteiger partial charge in [0, 0.05) is 24.5 Å². The first-order valence-corrected chi connectivity index (χ1v) is 7.28. The SMILES string of the molecule is O=C(NCc1cccnc1)NCc1nc(-c2ccc(F)cc2)n[nH]1. The van der Waals surface area contributed by atoms with Crippen molar-refractivity contribution in [2.75, 3.05) is 0 Å². The molecule has 0 fully saturated rings. The molecule has 0 aliphatic carbocycles. The van der Waals surface area contributed by atoms with E-state index in [1.165, 1.54) is 12.1 Å². The van der Waals surface area contributed by atoms with Gasteiger partial charge in [-0.15, -0.1) is 0 Å². The Morgan fingerprint density at radius 2 is 1.92 bits per heavy atom. The molecule has 7 nitrogen and oxygen atoms in total. The van der Waals surface area contributed by atoms with Crippen LogP contribution in [0.25, 0.3) is 11.4 Å². The van der Waals surface area contributed by atoms with E-state index in [1.54, 1.807) is 30.6 Å². The molecule has 1 aromatic carbocycles. The highest BCUT2D eigenvalue weighted by Crippen LogP contribution is 2.14. The van der Waals surface area contributed by atoms with E-state index in [0.717, 1.165) is 5.56 Å². The van der Waals surface area contributed by atoms with Crippen molar-refractivity contribution >= 4 is 6.03 Å². The van der Waals surface area contributed by atoms with Gasteiger partial charge in [-0.1, -0.05) is 6.07 Å². The summed E-state index contributed by atoms with van der Waals surface area (Å²) < 4.78 is 12.9. The molecule has 2 aromatic heterocycles. The molecule has 0 aliphatic rings. The Labute approximate surface area is 137 Å². The van der Waals surface area contributed by atoms with Crippen LogP contribution in [0.2, 0.25) is 0 Å². The molecule has 0 bridgehead atoms. The topological polar surface area (TPSA) is 95.6 Å². The van der Waals surface area contributed by atoms with E-state index in [9.17, 15) is 9.18 Å². The maximum absolute atomic E-state index is 12.9. The molecule has 3 aromatic rings. The van der Waals surface area contributed by atoms with Crippen molar-refractivity contribution in [2.45, 2.75) is 13.1 Å². The monoisotopic (exact) mass is 326 g/mol. The number of aromatic amines is 1. The number of nitrogens with one attached hydrogen (secondary N) is 3. The fourth-order valence-corrected chi connectivity index (χ4v) is 2.01. The number of benzene rings is 1. The summed E-state index contributed by atoms with van der Waals surface area (Å²) in [7, 11) is 0. The molecule has 122 valence electrons. The van der Waals surface area contributed by atoms with Crippen molar-refractivity contribution in [1.29, 1.82) is 0 Å². The third kappa shape index (κ3) is 4.13. The lowest BCUT2D eigenvalue weighted by atomic mass is 10.2. The lowest BCUT2D eigenvalue weighted by molar-refractivity contribution is 0.240. The number of carbonyl (C=O) groups is 1. The molecule has 0 radical (unpaired) electrons. The van der Waals surface area contributed by atoms with E-state index in [4.69, 9.17) is 0 Å². The Morgan fingerprint density at radius 3 is 2.67 bits per heavy atom. The van der Waals surface area contributed by atoms with Crippen molar-refractivity contribution in [2.24, 2.45) is 0 Å². The van der Waals surface area contributed by atoms with Gasteiger partial charge in [0.1, 0.15) is 11.6 Å². The number of rotatable bonds is 5.